The van der Waals surface area contributed by atoms with Gasteiger partial charge in [-0.1, -0.05) is 18.2 Å². The number of hydrogen-bond donors (Lipinski definition) is 4. The van der Waals surface area contributed by atoms with E-state index in [0.29, 0.717) is 5.69 Å². The van der Waals surface area contributed by atoms with E-state index in [-0.39, 0.29) is 34.1 Å². The summed E-state index contributed by atoms with van der Waals surface area (Å²) in [6.07, 6.45) is -1.07. The lowest BCUT2D eigenvalue weighted by atomic mass is 10.1. The Morgan fingerprint density at radius 3 is 2.24 bits per heavy atom. The van der Waals surface area contributed by atoms with Crippen molar-refractivity contribution in [3.8, 4) is 11.5 Å². The Morgan fingerprint density at radius 2 is 1.58 bits per heavy atom. The quantitative estimate of drug-likeness (QED) is 0.117. The fourth-order valence-corrected chi connectivity index (χ4v) is 5.47. The van der Waals surface area contributed by atoms with Crippen LogP contribution < -0.4 is 15.0 Å². The summed E-state index contributed by atoms with van der Waals surface area (Å²) in [4.78, 5) is 11.6. The second-order valence-electron chi connectivity index (χ2n) is 9.24. The van der Waals surface area contributed by atoms with Crippen LogP contribution in [0.15, 0.2) is 92.8 Å². The van der Waals surface area contributed by atoms with Crippen molar-refractivity contribution in [3.63, 3.8) is 0 Å². The predicted molar refractivity (Wildman–Crippen MR) is 160 cm³/mol. The van der Waals surface area contributed by atoms with Crippen molar-refractivity contribution in [1.29, 1.82) is 0 Å². The molecule has 0 aliphatic carbocycles. The number of ether oxygens (including phenoxy) is 1. The van der Waals surface area contributed by atoms with Crippen molar-refractivity contribution < 1.29 is 40.2 Å². The predicted octanol–water partition coefficient (Wildman–Crippen LogP) is 5.30. The van der Waals surface area contributed by atoms with Gasteiger partial charge < -0.3 is 20.1 Å². The minimum Gasteiger partial charge on any atom is -0.505 e. The van der Waals surface area contributed by atoms with Crippen molar-refractivity contribution >= 4 is 65.7 Å². The summed E-state index contributed by atoms with van der Waals surface area (Å²) in [5.74, 6) is -0.849. The molecule has 0 unspecified atom stereocenters. The summed E-state index contributed by atoms with van der Waals surface area (Å²) in [7, 11) is -6.95. The number of anilines is 4. The number of rotatable bonds is 9. The van der Waals surface area contributed by atoms with E-state index in [0.717, 1.165) is 18.2 Å². The maximum absolute atomic E-state index is 14.3. The lowest BCUT2D eigenvalue weighted by molar-refractivity contribution is 0.412. The topological polar surface area (TPSA) is 217 Å². The molecule has 1 aromatic heterocycles. The van der Waals surface area contributed by atoms with Gasteiger partial charge in [-0.3, -0.25) is 9.11 Å². The van der Waals surface area contributed by atoms with Crippen LogP contribution in [0.2, 0.25) is 0 Å². The van der Waals surface area contributed by atoms with Crippen LogP contribution in [0.1, 0.15) is 0 Å². The van der Waals surface area contributed by atoms with Gasteiger partial charge in [-0.2, -0.15) is 36.2 Å². The van der Waals surface area contributed by atoms with Gasteiger partial charge in [0.15, 0.2) is 5.75 Å². The molecule has 0 amide bonds. The van der Waals surface area contributed by atoms with Crippen LogP contribution in [-0.4, -0.2) is 60.2 Å². The highest BCUT2D eigenvalue weighted by Crippen LogP contribution is 2.42. The van der Waals surface area contributed by atoms with Crippen LogP contribution in [-0.2, 0) is 20.2 Å². The van der Waals surface area contributed by atoms with Crippen molar-refractivity contribution in [2.24, 2.45) is 10.2 Å². The number of aromatic hydroxyl groups is 1. The first-order chi connectivity index (χ1) is 21.2. The van der Waals surface area contributed by atoms with Crippen LogP contribution >= 0.6 is 0 Å². The Kier molecular flexibility index (Phi) is 8.30. The monoisotopic (exact) mass is 655 g/mol. The molecule has 0 radical (unpaired) electrons. The molecule has 5 rings (SSSR count). The number of azo groups is 1. The van der Waals surface area contributed by atoms with E-state index in [2.05, 4.69) is 30.5 Å². The minimum atomic E-state index is -5.03. The van der Waals surface area contributed by atoms with Crippen LogP contribution in [0.25, 0.3) is 10.8 Å². The molecule has 0 saturated carbocycles. The lowest BCUT2D eigenvalue weighted by Crippen LogP contribution is -2.15. The average Bonchev–Trinajstić information content (AvgIpc) is 2.99. The number of nitrogens with zero attached hydrogens (tertiary/aromatic N) is 6. The number of para-hydroxylation sites is 1. The smallest absolute Gasteiger partial charge is 0.315 e. The largest absolute Gasteiger partial charge is 0.505 e. The van der Waals surface area contributed by atoms with Gasteiger partial charge in [0.05, 0.1) is 7.11 Å². The van der Waals surface area contributed by atoms with Crippen molar-refractivity contribution in [3.05, 3.63) is 78.9 Å². The SMILES string of the molecule is COc1ccc(N=Nc2c(S(=O)(=O)O)cc3cc(Nc4nc(F)nc(N(C)c5ccccc5)n4)ccc3c2O)c(S(=O)(=O)O)c1. The van der Waals surface area contributed by atoms with E-state index in [9.17, 15) is 35.4 Å². The molecule has 4 aromatic carbocycles. The summed E-state index contributed by atoms with van der Waals surface area (Å²) in [6, 6.07) is 17.5. The molecule has 0 aliphatic heterocycles. The van der Waals surface area contributed by atoms with Crippen LogP contribution in [0.4, 0.5) is 39.0 Å². The second kappa shape index (κ2) is 12.0. The minimum absolute atomic E-state index is 0.00712. The van der Waals surface area contributed by atoms with Gasteiger partial charge in [0.25, 0.3) is 20.2 Å². The number of phenolic OH excluding ortho intramolecular Hbond substituents is 1. The van der Waals surface area contributed by atoms with Crippen molar-refractivity contribution in [2.75, 3.05) is 24.4 Å². The summed E-state index contributed by atoms with van der Waals surface area (Å²) in [6.45, 7) is 0. The number of methoxy groups -OCH3 is 1. The first kappa shape index (κ1) is 31.1. The molecular formula is C27H22FN7O8S2. The molecule has 18 heteroatoms. The maximum atomic E-state index is 14.3. The molecule has 0 atom stereocenters. The molecule has 0 saturated heterocycles. The van der Waals surface area contributed by atoms with E-state index in [1.165, 1.54) is 36.3 Å². The Balaban J connectivity index is 1.54. The third-order valence-corrected chi connectivity index (χ3v) is 8.08. The first-order valence-corrected chi connectivity index (χ1v) is 15.4. The van der Waals surface area contributed by atoms with E-state index >= 15 is 0 Å². The summed E-state index contributed by atoms with van der Waals surface area (Å²) in [5.41, 5.74) is -0.203. The van der Waals surface area contributed by atoms with Crippen LogP contribution in [0, 0.1) is 6.08 Å². The molecule has 232 valence electrons. The second-order valence-corrected chi connectivity index (χ2v) is 12.0. The lowest BCUT2D eigenvalue weighted by Gasteiger charge is -2.17. The Hall–Kier alpha value is -5.30. The average molecular weight is 656 g/mol. The molecular weight excluding hydrogens is 633 g/mol. The zero-order valence-electron chi connectivity index (χ0n) is 23.2. The van der Waals surface area contributed by atoms with Gasteiger partial charge in [-0.05, 0) is 53.9 Å². The Morgan fingerprint density at radius 1 is 0.867 bits per heavy atom. The third kappa shape index (κ3) is 6.78. The first-order valence-electron chi connectivity index (χ1n) is 12.6. The number of nitrogens with one attached hydrogen (secondary N) is 1. The van der Waals surface area contributed by atoms with Crippen LogP contribution in [0.5, 0.6) is 11.5 Å². The maximum Gasteiger partial charge on any atom is 0.315 e. The van der Waals surface area contributed by atoms with Gasteiger partial charge in [-0.25, -0.2) is 0 Å². The summed E-state index contributed by atoms with van der Waals surface area (Å²) < 4.78 is 87.2. The Labute approximate surface area is 255 Å². The van der Waals surface area contributed by atoms with E-state index in [1.54, 1.807) is 31.3 Å². The zero-order valence-corrected chi connectivity index (χ0v) is 24.8. The highest BCUT2D eigenvalue weighted by atomic mass is 32.2. The standard InChI is InChI=1S/C27H22FN7O8S2/c1-35(17-6-4-3-5-7-17)27-31-25(28)30-26(32-27)29-16-8-10-19-15(12-16)13-22(45(40,41)42)23(24(19)36)34-33-20-11-9-18(43-2)14-21(20)44(37,38)39/h3-14,36H,1-2H3,(H,37,38,39)(H,40,41,42)(H,29,30,31,32). The van der Waals surface area contributed by atoms with Gasteiger partial charge in [0.1, 0.15) is 26.9 Å². The molecule has 1 heterocycles. The molecule has 0 bridgehead atoms. The zero-order chi connectivity index (χ0) is 32.5. The molecule has 0 fully saturated rings. The van der Waals surface area contributed by atoms with E-state index in [1.807, 2.05) is 6.07 Å². The van der Waals surface area contributed by atoms with E-state index < -0.39 is 53.2 Å². The number of fused-ring (bicyclic) bond motifs is 1. The van der Waals surface area contributed by atoms with Crippen molar-refractivity contribution in [1.82, 2.24) is 15.0 Å². The van der Waals surface area contributed by atoms with Gasteiger partial charge in [0.2, 0.25) is 11.9 Å². The fraction of sp³-hybridized carbons (Fsp3) is 0.0741. The molecule has 15 nitrogen and oxygen atoms in total. The fourth-order valence-electron chi connectivity index (χ4n) is 4.18. The number of benzene rings is 4. The molecule has 4 N–H and O–H groups in total. The van der Waals surface area contributed by atoms with Crippen molar-refractivity contribution in [2.45, 2.75) is 9.79 Å². The van der Waals surface area contributed by atoms with Crippen LogP contribution in [0.3, 0.4) is 0 Å². The Bertz CT molecular complexity index is 2190. The van der Waals surface area contributed by atoms with Gasteiger partial charge >= 0.3 is 6.08 Å². The van der Waals surface area contributed by atoms with E-state index in [4.69, 9.17) is 4.74 Å². The number of phenols is 1. The highest BCUT2D eigenvalue weighted by molar-refractivity contribution is 7.86. The van der Waals surface area contributed by atoms with Gasteiger partial charge in [0, 0.05) is 29.9 Å². The summed E-state index contributed by atoms with van der Waals surface area (Å²) in [5, 5.41) is 21.3. The molecule has 5 aromatic rings. The van der Waals surface area contributed by atoms with Gasteiger partial charge in [-0.15, -0.1) is 10.2 Å². The number of halogens is 1. The highest BCUT2D eigenvalue weighted by Gasteiger charge is 2.23. The molecule has 0 aliphatic rings. The normalized spacial score (nSPS) is 12.0. The number of hydrogen-bond acceptors (Lipinski definition) is 13. The number of aromatic nitrogens is 3. The summed E-state index contributed by atoms with van der Waals surface area (Å²) >= 11 is 0. The molecule has 45 heavy (non-hydrogen) atoms. The third-order valence-electron chi connectivity index (χ3n) is 6.33. The molecule has 0 spiro atoms.